The van der Waals surface area contributed by atoms with Gasteiger partial charge in [0.1, 0.15) is 0 Å². The van der Waals surface area contributed by atoms with E-state index in [-0.39, 0.29) is 17.2 Å². The van der Waals surface area contributed by atoms with Crippen LogP contribution < -0.4 is 5.73 Å². The van der Waals surface area contributed by atoms with Crippen LogP contribution in [0.5, 0.6) is 0 Å². The number of hydrogen-bond donors (Lipinski definition) is 2. The quantitative estimate of drug-likeness (QED) is 0.637. The third-order valence-electron chi connectivity index (χ3n) is 3.12. The number of aliphatic hydroxyl groups is 1. The number of carbonyl (C=O) groups excluding carboxylic acids is 1. The van der Waals surface area contributed by atoms with Gasteiger partial charge in [-0.1, -0.05) is 20.8 Å². The summed E-state index contributed by atoms with van der Waals surface area (Å²) in [7, 11) is 0. The standard InChI is InChI=1S/C10H19NO2/c1-10(2,3)6-4-7(9(11)13)8(12)5-6/h6-8,12H,4-5H2,1-3H3,(H2,11,13)/t6-,7+,8-/m0/s1. The summed E-state index contributed by atoms with van der Waals surface area (Å²) in [5.74, 6) is -0.288. The maximum atomic E-state index is 10.9. The fraction of sp³-hybridized carbons (Fsp3) is 0.900. The Balaban J connectivity index is 2.65. The first-order valence-corrected chi connectivity index (χ1v) is 4.79. The van der Waals surface area contributed by atoms with Crippen LogP contribution in [0.4, 0.5) is 0 Å². The molecular weight excluding hydrogens is 166 g/mol. The average molecular weight is 185 g/mol. The summed E-state index contributed by atoms with van der Waals surface area (Å²) in [6.45, 7) is 6.40. The molecule has 1 rings (SSSR count). The predicted octanol–water partition coefficient (Wildman–Crippen LogP) is 0.905. The molecule has 1 fully saturated rings. The lowest BCUT2D eigenvalue weighted by atomic mass is 9.79. The fourth-order valence-electron chi connectivity index (χ4n) is 2.03. The number of amides is 1. The van der Waals surface area contributed by atoms with E-state index in [0.717, 1.165) is 6.42 Å². The third kappa shape index (κ3) is 2.21. The molecule has 1 aliphatic carbocycles. The second-order valence-electron chi connectivity index (χ2n) is 5.11. The highest BCUT2D eigenvalue weighted by molar-refractivity contribution is 5.77. The Labute approximate surface area is 79.3 Å². The van der Waals surface area contributed by atoms with Gasteiger partial charge in [-0.2, -0.15) is 0 Å². The lowest BCUT2D eigenvalue weighted by molar-refractivity contribution is -0.124. The Hall–Kier alpha value is -0.570. The molecule has 3 nitrogen and oxygen atoms in total. The zero-order valence-electron chi connectivity index (χ0n) is 8.58. The summed E-state index contributed by atoms with van der Waals surface area (Å²) in [4.78, 5) is 10.9. The van der Waals surface area contributed by atoms with E-state index in [1.54, 1.807) is 0 Å². The molecule has 0 aliphatic heterocycles. The summed E-state index contributed by atoms with van der Waals surface area (Å²) in [6.07, 6.45) is 0.915. The van der Waals surface area contributed by atoms with Crippen molar-refractivity contribution in [3.05, 3.63) is 0 Å². The number of carbonyl (C=O) groups is 1. The van der Waals surface area contributed by atoms with Crippen LogP contribution >= 0.6 is 0 Å². The van der Waals surface area contributed by atoms with Crippen LogP contribution in [-0.4, -0.2) is 17.1 Å². The summed E-state index contributed by atoms with van der Waals surface area (Å²) in [5.41, 5.74) is 5.35. The first-order valence-electron chi connectivity index (χ1n) is 4.79. The minimum Gasteiger partial charge on any atom is -0.392 e. The molecule has 13 heavy (non-hydrogen) atoms. The maximum absolute atomic E-state index is 10.9. The van der Waals surface area contributed by atoms with Crippen molar-refractivity contribution in [2.45, 2.75) is 39.7 Å². The molecule has 0 saturated heterocycles. The normalized spacial score (nSPS) is 34.9. The van der Waals surface area contributed by atoms with Gasteiger partial charge in [-0.15, -0.1) is 0 Å². The summed E-state index contributed by atoms with van der Waals surface area (Å²) in [5, 5.41) is 9.59. The van der Waals surface area contributed by atoms with E-state index in [0.29, 0.717) is 12.3 Å². The van der Waals surface area contributed by atoms with E-state index in [2.05, 4.69) is 20.8 Å². The van der Waals surface area contributed by atoms with Crippen molar-refractivity contribution in [1.82, 2.24) is 0 Å². The van der Waals surface area contributed by atoms with Crippen LogP contribution in [0.3, 0.4) is 0 Å². The van der Waals surface area contributed by atoms with Gasteiger partial charge >= 0.3 is 0 Å². The van der Waals surface area contributed by atoms with Crippen LogP contribution in [0.1, 0.15) is 33.6 Å². The highest BCUT2D eigenvalue weighted by Crippen LogP contribution is 2.41. The first kappa shape index (κ1) is 10.5. The maximum Gasteiger partial charge on any atom is 0.223 e. The van der Waals surface area contributed by atoms with Crippen molar-refractivity contribution in [2.75, 3.05) is 0 Å². The molecule has 3 N–H and O–H groups in total. The monoisotopic (exact) mass is 185 g/mol. The topological polar surface area (TPSA) is 63.3 Å². The van der Waals surface area contributed by atoms with Crippen LogP contribution in [0.25, 0.3) is 0 Å². The number of nitrogens with two attached hydrogens (primary N) is 1. The predicted molar refractivity (Wildman–Crippen MR) is 50.9 cm³/mol. The highest BCUT2D eigenvalue weighted by atomic mass is 16.3. The van der Waals surface area contributed by atoms with Crippen molar-refractivity contribution in [3.63, 3.8) is 0 Å². The van der Waals surface area contributed by atoms with Gasteiger partial charge in [-0.3, -0.25) is 4.79 Å². The van der Waals surface area contributed by atoms with Crippen molar-refractivity contribution < 1.29 is 9.90 Å². The molecule has 76 valence electrons. The molecule has 0 heterocycles. The van der Waals surface area contributed by atoms with Crippen LogP contribution in [0, 0.1) is 17.3 Å². The van der Waals surface area contributed by atoms with Gasteiger partial charge in [0, 0.05) is 0 Å². The second kappa shape index (κ2) is 3.29. The van der Waals surface area contributed by atoms with Crippen molar-refractivity contribution in [2.24, 2.45) is 23.0 Å². The Bertz CT molecular complexity index is 207. The third-order valence-corrected chi connectivity index (χ3v) is 3.12. The molecule has 0 aromatic heterocycles. The minimum absolute atomic E-state index is 0.158. The highest BCUT2D eigenvalue weighted by Gasteiger charge is 2.41. The Morgan fingerprint density at radius 2 is 1.92 bits per heavy atom. The summed E-state index contributed by atoms with van der Waals surface area (Å²) in [6, 6.07) is 0. The minimum atomic E-state index is -0.526. The fourth-order valence-corrected chi connectivity index (χ4v) is 2.03. The molecule has 3 atom stereocenters. The Morgan fingerprint density at radius 1 is 1.38 bits per heavy atom. The number of hydrogen-bond acceptors (Lipinski definition) is 2. The molecule has 0 bridgehead atoms. The second-order valence-corrected chi connectivity index (χ2v) is 5.11. The van der Waals surface area contributed by atoms with Crippen LogP contribution in [0.2, 0.25) is 0 Å². The lowest BCUT2D eigenvalue weighted by Crippen LogP contribution is -2.29. The van der Waals surface area contributed by atoms with Gasteiger partial charge < -0.3 is 10.8 Å². The summed E-state index contributed by atoms with van der Waals surface area (Å²) >= 11 is 0. The zero-order chi connectivity index (χ0) is 10.2. The van der Waals surface area contributed by atoms with Crippen molar-refractivity contribution in [3.8, 4) is 0 Å². The van der Waals surface area contributed by atoms with Crippen LogP contribution in [0.15, 0.2) is 0 Å². The number of rotatable bonds is 1. The van der Waals surface area contributed by atoms with Crippen molar-refractivity contribution in [1.29, 1.82) is 0 Å². The first-order chi connectivity index (χ1) is 5.82. The van der Waals surface area contributed by atoms with E-state index in [4.69, 9.17) is 5.73 Å². The van der Waals surface area contributed by atoms with Crippen LogP contribution in [-0.2, 0) is 4.79 Å². The molecule has 1 amide bonds. The van der Waals surface area contributed by atoms with E-state index in [1.807, 2.05) is 0 Å². The average Bonchev–Trinajstić information content (AvgIpc) is 2.29. The molecule has 0 radical (unpaired) electrons. The molecule has 1 aliphatic rings. The molecule has 0 aromatic carbocycles. The summed E-state index contributed by atoms with van der Waals surface area (Å²) < 4.78 is 0. The smallest absolute Gasteiger partial charge is 0.223 e. The lowest BCUT2D eigenvalue weighted by Gasteiger charge is -2.26. The van der Waals surface area contributed by atoms with Gasteiger partial charge in [0.05, 0.1) is 12.0 Å². The van der Waals surface area contributed by atoms with Gasteiger partial charge in [0.2, 0.25) is 5.91 Å². The van der Waals surface area contributed by atoms with Gasteiger partial charge in [-0.25, -0.2) is 0 Å². The SMILES string of the molecule is CC(C)(C)[C@@H]1C[C@H](O)[C@H](C(N)=O)C1. The number of aliphatic hydroxyl groups excluding tert-OH is 1. The molecular formula is C10H19NO2. The van der Waals surface area contributed by atoms with Gasteiger partial charge in [0.25, 0.3) is 0 Å². The Kier molecular flexibility index (Phi) is 2.66. The van der Waals surface area contributed by atoms with E-state index in [1.165, 1.54) is 0 Å². The van der Waals surface area contributed by atoms with Gasteiger partial charge in [0.15, 0.2) is 0 Å². The largest absolute Gasteiger partial charge is 0.392 e. The zero-order valence-corrected chi connectivity index (χ0v) is 8.58. The van der Waals surface area contributed by atoms with Crippen molar-refractivity contribution >= 4 is 5.91 Å². The van der Waals surface area contributed by atoms with Gasteiger partial charge in [-0.05, 0) is 24.2 Å². The molecule has 1 saturated carbocycles. The van der Waals surface area contributed by atoms with E-state index >= 15 is 0 Å². The van der Waals surface area contributed by atoms with E-state index < -0.39 is 6.10 Å². The van der Waals surface area contributed by atoms with E-state index in [9.17, 15) is 9.90 Å². The molecule has 0 unspecified atom stereocenters. The number of primary amides is 1. The Morgan fingerprint density at radius 3 is 2.15 bits per heavy atom. The molecule has 3 heteroatoms. The molecule has 0 spiro atoms. The molecule has 0 aromatic rings.